The molecule has 0 saturated carbocycles. The highest BCUT2D eigenvalue weighted by Crippen LogP contribution is 2.25. The molecule has 0 fully saturated rings. The maximum atomic E-state index is 12.5. The van der Waals surface area contributed by atoms with E-state index in [1.807, 2.05) is 11.5 Å². The Balaban J connectivity index is 2.09. The van der Waals surface area contributed by atoms with E-state index in [9.17, 15) is 9.59 Å². The molecule has 2 aromatic rings. The first-order chi connectivity index (χ1) is 12.8. The Bertz CT molecular complexity index is 809. The van der Waals surface area contributed by atoms with Crippen LogP contribution < -0.4 is 11.1 Å². The van der Waals surface area contributed by atoms with E-state index in [1.165, 1.54) is 11.8 Å². The molecule has 9 heteroatoms. The van der Waals surface area contributed by atoms with Crippen LogP contribution in [-0.2, 0) is 22.6 Å². The van der Waals surface area contributed by atoms with Crippen LogP contribution >= 0.6 is 23.4 Å². The van der Waals surface area contributed by atoms with E-state index in [2.05, 4.69) is 29.4 Å². The van der Waals surface area contributed by atoms with Gasteiger partial charge in [0.25, 0.3) is 0 Å². The van der Waals surface area contributed by atoms with Gasteiger partial charge in [0.15, 0.2) is 5.16 Å². The van der Waals surface area contributed by atoms with E-state index < -0.39 is 0 Å². The molecule has 0 aliphatic carbocycles. The Morgan fingerprint density at radius 1 is 1.30 bits per heavy atom. The molecule has 0 radical (unpaired) electrons. The van der Waals surface area contributed by atoms with Crippen LogP contribution in [0.15, 0.2) is 29.4 Å². The second kappa shape index (κ2) is 9.75. The average Bonchev–Trinajstić information content (AvgIpc) is 2.94. The highest BCUT2D eigenvalue weighted by molar-refractivity contribution is 8.00. The van der Waals surface area contributed by atoms with Crippen LogP contribution in [-0.4, -0.2) is 31.8 Å². The van der Waals surface area contributed by atoms with Crippen molar-refractivity contribution in [3.05, 3.63) is 35.1 Å². The molecule has 1 atom stereocenters. The van der Waals surface area contributed by atoms with Crippen LogP contribution in [0.4, 0.5) is 5.69 Å². The second-order valence-corrected chi connectivity index (χ2v) is 8.37. The number of benzene rings is 1. The normalized spacial score (nSPS) is 12.2. The second-order valence-electron chi connectivity index (χ2n) is 6.63. The number of carbonyl (C=O) groups excluding carboxylic acids is 2. The van der Waals surface area contributed by atoms with Crippen molar-refractivity contribution in [2.24, 2.45) is 11.7 Å². The molecule has 1 aromatic carbocycles. The molecule has 0 aliphatic heterocycles. The van der Waals surface area contributed by atoms with E-state index >= 15 is 0 Å². The van der Waals surface area contributed by atoms with E-state index in [1.54, 1.807) is 24.3 Å². The minimum atomic E-state index is -0.386. The van der Waals surface area contributed by atoms with E-state index in [4.69, 9.17) is 17.3 Å². The summed E-state index contributed by atoms with van der Waals surface area (Å²) < 4.78 is 1.96. The molecular weight excluding hydrogens is 386 g/mol. The van der Waals surface area contributed by atoms with Crippen LogP contribution in [0.2, 0.25) is 5.02 Å². The van der Waals surface area contributed by atoms with Crippen LogP contribution in [0.5, 0.6) is 0 Å². The van der Waals surface area contributed by atoms with Gasteiger partial charge in [0.2, 0.25) is 11.8 Å². The van der Waals surface area contributed by atoms with Gasteiger partial charge in [-0.3, -0.25) is 9.59 Å². The highest BCUT2D eigenvalue weighted by Gasteiger charge is 2.21. The average molecular weight is 410 g/mol. The number of anilines is 1. The van der Waals surface area contributed by atoms with Crippen molar-refractivity contribution in [3.8, 4) is 0 Å². The van der Waals surface area contributed by atoms with Crippen molar-refractivity contribution in [2.75, 3.05) is 5.32 Å². The number of amides is 2. The van der Waals surface area contributed by atoms with Gasteiger partial charge < -0.3 is 15.6 Å². The smallest absolute Gasteiger partial charge is 0.237 e. The maximum Gasteiger partial charge on any atom is 0.237 e. The van der Waals surface area contributed by atoms with Gasteiger partial charge in [0, 0.05) is 30.1 Å². The summed E-state index contributed by atoms with van der Waals surface area (Å²) in [5.74, 6) is 0.535. The van der Waals surface area contributed by atoms with Crippen molar-refractivity contribution in [2.45, 2.75) is 50.6 Å². The summed E-state index contributed by atoms with van der Waals surface area (Å²) in [5.41, 5.74) is 5.88. The van der Waals surface area contributed by atoms with Crippen LogP contribution in [0.1, 0.15) is 33.0 Å². The number of aryl methyl sites for hydroxylation is 1. The van der Waals surface area contributed by atoms with Gasteiger partial charge in [0.1, 0.15) is 5.82 Å². The van der Waals surface area contributed by atoms with Gasteiger partial charge in [-0.05, 0) is 31.0 Å². The molecule has 146 valence electrons. The lowest BCUT2D eigenvalue weighted by Crippen LogP contribution is -2.23. The molecule has 0 saturated heterocycles. The summed E-state index contributed by atoms with van der Waals surface area (Å²) in [6.45, 7) is 6.68. The predicted octanol–water partition coefficient (Wildman–Crippen LogP) is 3.12. The Hall–Kier alpha value is -2.06. The molecule has 2 amide bonds. The summed E-state index contributed by atoms with van der Waals surface area (Å²) in [5, 5.41) is 12.1. The number of thioether (sulfide) groups is 1. The fourth-order valence-electron chi connectivity index (χ4n) is 2.40. The zero-order valence-electron chi connectivity index (χ0n) is 15.6. The molecule has 1 heterocycles. The summed E-state index contributed by atoms with van der Waals surface area (Å²) in [6.07, 6.45) is 0.643. The maximum absolute atomic E-state index is 12.5. The number of nitrogens with zero attached hydrogens (tertiary/aromatic N) is 3. The molecule has 0 bridgehead atoms. The zero-order chi connectivity index (χ0) is 20.0. The first-order valence-corrected chi connectivity index (χ1v) is 9.95. The summed E-state index contributed by atoms with van der Waals surface area (Å²) in [6, 6.07) is 7.00. The van der Waals surface area contributed by atoms with Gasteiger partial charge in [-0.25, -0.2) is 0 Å². The van der Waals surface area contributed by atoms with Crippen LogP contribution in [0.25, 0.3) is 0 Å². The van der Waals surface area contributed by atoms with E-state index in [0.29, 0.717) is 40.6 Å². The third kappa shape index (κ3) is 6.55. The summed E-state index contributed by atoms with van der Waals surface area (Å²) in [4.78, 5) is 23.6. The number of aromatic nitrogens is 3. The van der Waals surface area contributed by atoms with E-state index in [-0.39, 0.29) is 23.5 Å². The lowest BCUT2D eigenvalue weighted by Gasteiger charge is -2.15. The minimum absolute atomic E-state index is 0.153. The standard InChI is InChI=1S/C18H24ClN5O2S/c1-11(2)10-24-16(8-7-15(20)25)22-23-18(24)27-12(3)17(26)21-14-6-4-5-13(19)9-14/h4-6,9,11-12H,7-8,10H2,1-3H3,(H2,20,25)(H,21,26). The highest BCUT2D eigenvalue weighted by atomic mass is 35.5. The topological polar surface area (TPSA) is 103 Å². The van der Waals surface area contributed by atoms with E-state index in [0.717, 1.165) is 0 Å². The monoisotopic (exact) mass is 409 g/mol. The molecule has 0 aliphatic rings. The van der Waals surface area contributed by atoms with Crippen LogP contribution in [0, 0.1) is 5.92 Å². The fraction of sp³-hybridized carbons (Fsp3) is 0.444. The molecule has 27 heavy (non-hydrogen) atoms. The zero-order valence-corrected chi connectivity index (χ0v) is 17.2. The van der Waals surface area contributed by atoms with Crippen molar-refractivity contribution in [3.63, 3.8) is 0 Å². The minimum Gasteiger partial charge on any atom is -0.370 e. The molecule has 1 unspecified atom stereocenters. The third-order valence-electron chi connectivity index (χ3n) is 3.68. The van der Waals surface area contributed by atoms with Gasteiger partial charge in [0.05, 0.1) is 5.25 Å². The van der Waals surface area contributed by atoms with Crippen molar-refractivity contribution >= 4 is 40.9 Å². The Labute approximate surface area is 168 Å². The Morgan fingerprint density at radius 2 is 2.04 bits per heavy atom. The summed E-state index contributed by atoms with van der Waals surface area (Å²) >= 11 is 7.28. The summed E-state index contributed by atoms with van der Waals surface area (Å²) in [7, 11) is 0. The largest absolute Gasteiger partial charge is 0.370 e. The molecule has 0 spiro atoms. The molecule has 2 rings (SSSR count). The van der Waals surface area contributed by atoms with Crippen molar-refractivity contribution in [1.82, 2.24) is 14.8 Å². The number of hydrogen-bond acceptors (Lipinski definition) is 5. The number of primary amides is 1. The van der Waals surface area contributed by atoms with Crippen LogP contribution in [0.3, 0.4) is 0 Å². The molecule has 3 N–H and O–H groups in total. The van der Waals surface area contributed by atoms with Gasteiger partial charge in [-0.1, -0.05) is 43.3 Å². The quantitative estimate of drug-likeness (QED) is 0.619. The predicted molar refractivity (Wildman–Crippen MR) is 108 cm³/mol. The SMILES string of the molecule is CC(C)Cn1c(CCC(N)=O)nnc1SC(C)C(=O)Nc1cccc(Cl)c1. The number of halogens is 1. The molecule has 1 aromatic heterocycles. The number of carbonyl (C=O) groups is 2. The number of nitrogens with one attached hydrogen (secondary N) is 1. The first-order valence-electron chi connectivity index (χ1n) is 8.69. The van der Waals surface area contributed by atoms with Gasteiger partial charge in [-0.2, -0.15) is 0 Å². The first kappa shape index (κ1) is 21.2. The molecule has 7 nitrogen and oxygen atoms in total. The third-order valence-corrected chi connectivity index (χ3v) is 5.00. The lowest BCUT2D eigenvalue weighted by atomic mass is 10.2. The van der Waals surface area contributed by atoms with Gasteiger partial charge in [-0.15, -0.1) is 10.2 Å². The Kier molecular flexibility index (Phi) is 7.67. The fourth-order valence-corrected chi connectivity index (χ4v) is 3.46. The Morgan fingerprint density at radius 3 is 2.67 bits per heavy atom. The molecular formula is C18H24ClN5O2S. The number of nitrogens with two attached hydrogens (primary N) is 1. The number of rotatable bonds is 9. The lowest BCUT2D eigenvalue weighted by molar-refractivity contribution is -0.118. The van der Waals surface area contributed by atoms with Crippen molar-refractivity contribution in [1.29, 1.82) is 0 Å². The number of hydrogen-bond donors (Lipinski definition) is 2. The van der Waals surface area contributed by atoms with Crippen molar-refractivity contribution < 1.29 is 9.59 Å². The van der Waals surface area contributed by atoms with Gasteiger partial charge >= 0.3 is 0 Å².